The second kappa shape index (κ2) is 6.59. The summed E-state index contributed by atoms with van der Waals surface area (Å²) < 4.78 is 5.66. The van der Waals surface area contributed by atoms with Crippen molar-refractivity contribution in [3.8, 4) is 5.75 Å². The maximum absolute atomic E-state index is 5.66. The number of ether oxygens (including phenoxy) is 1. The minimum Gasteiger partial charge on any atom is -0.493 e. The molecular weight excluding hydrogens is 280 g/mol. The molecule has 0 fully saturated rings. The van der Waals surface area contributed by atoms with E-state index in [-0.39, 0.29) is 6.04 Å². The number of hydrogen-bond donors (Lipinski definition) is 2. The lowest BCUT2D eigenvalue weighted by Gasteiger charge is -2.27. The summed E-state index contributed by atoms with van der Waals surface area (Å²) in [5.41, 5.74) is 2.39. The zero-order valence-electron chi connectivity index (χ0n) is 11.7. The Bertz CT molecular complexity index is 615. The van der Waals surface area contributed by atoms with Gasteiger partial charge in [0.2, 0.25) is 0 Å². The lowest BCUT2D eigenvalue weighted by Crippen LogP contribution is -2.39. The van der Waals surface area contributed by atoms with E-state index in [1.54, 1.807) is 0 Å². The summed E-state index contributed by atoms with van der Waals surface area (Å²) in [6, 6.07) is 18.6. The molecule has 3 rings (SSSR count). The van der Waals surface area contributed by atoms with E-state index < -0.39 is 0 Å². The average molecular weight is 298 g/mol. The molecule has 0 saturated heterocycles. The van der Waals surface area contributed by atoms with Gasteiger partial charge in [-0.05, 0) is 23.8 Å². The predicted molar refractivity (Wildman–Crippen MR) is 88.3 cm³/mol. The van der Waals surface area contributed by atoms with Gasteiger partial charge in [-0.15, -0.1) is 0 Å². The van der Waals surface area contributed by atoms with Gasteiger partial charge in [0.05, 0.1) is 12.6 Å². The van der Waals surface area contributed by atoms with Gasteiger partial charge in [-0.1, -0.05) is 48.5 Å². The van der Waals surface area contributed by atoms with Crippen molar-refractivity contribution in [2.45, 2.75) is 19.0 Å². The first-order chi connectivity index (χ1) is 10.3. The van der Waals surface area contributed by atoms with Gasteiger partial charge in [0, 0.05) is 18.5 Å². The molecule has 0 spiro atoms. The molecular formula is C17H18N2OS. The van der Waals surface area contributed by atoms with Gasteiger partial charge in [-0.3, -0.25) is 0 Å². The number of para-hydroxylation sites is 1. The van der Waals surface area contributed by atoms with E-state index in [9.17, 15) is 0 Å². The van der Waals surface area contributed by atoms with Gasteiger partial charge in [0.1, 0.15) is 5.75 Å². The number of hydrogen-bond acceptors (Lipinski definition) is 2. The number of thiocarbonyl (C=S) groups is 1. The van der Waals surface area contributed by atoms with Crippen molar-refractivity contribution >= 4 is 17.3 Å². The second-order valence-corrected chi connectivity index (χ2v) is 5.45. The molecule has 0 radical (unpaired) electrons. The average Bonchev–Trinajstić information content (AvgIpc) is 2.54. The topological polar surface area (TPSA) is 33.3 Å². The summed E-state index contributed by atoms with van der Waals surface area (Å²) in [5.74, 6) is 0.951. The van der Waals surface area contributed by atoms with Crippen LogP contribution in [0.15, 0.2) is 54.6 Å². The quantitative estimate of drug-likeness (QED) is 0.853. The van der Waals surface area contributed by atoms with Crippen LogP contribution in [0.2, 0.25) is 0 Å². The predicted octanol–water partition coefficient (Wildman–Crippen LogP) is 3.17. The van der Waals surface area contributed by atoms with E-state index in [4.69, 9.17) is 17.0 Å². The van der Waals surface area contributed by atoms with Gasteiger partial charge in [0.15, 0.2) is 5.11 Å². The van der Waals surface area contributed by atoms with Gasteiger partial charge >= 0.3 is 0 Å². The molecule has 1 aliphatic heterocycles. The molecule has 1 heterocycles. The third-order valence-corrected chi connectivity index (χ3v) is 3.82. The summed E-state index contributed by atoms with van der Waals surface area (Å²) in [4.78, 5) is 0. The summed E-state index contributed by atoms with van der Waals surface area (Å²) in [5, 5.41) is 7.32. The molecule has 108 valence electrons. The Labute approximate surface area is 130 Å². The fourth-order valence-electron chi connectivity index (χ4n) is 2.48. The SMILES string of the molecule is S=C(NCc1ccccc1)N[C@H]1CCOc2ccccc21. The van der Waals surface area contributed by atoms with Crippen LogP contribution in [0.25, 0.3) is 0 Å². The number of fused-ring (bicyclic) bond motifs is 1. The summed E-state index contributed by atoms with van der Waals surface area (Å²) in [6.07, 6.45) is 0.921. The van der Waals surface area contributed by atoms with Gasteiger partial charge in [-0.2, -0.15) is 0 Å². The van der Waals surface area contributed by atoms with Crippen LogP contribution in [0.4, 0.5) is 0 Å². The van der Waals surface area contributed by atoms with Crippen LogP contribution in [0.3, 0.4) is 0 Å². The Hall–Kier alpha value is -2.07. The van der Waals surface area contributed by atoms with Crippen molar-refractivity contribution in [2.24, 2.45) is 0 Å². The Morgan fingerprint density at radius 3 is 2.71 bits per heavy atom. The Kier molecular flexibility index (Phi) is 4.36. The van der Waals surface area contributed by atoms with E-state index in [1.807, 2.05) is 36.4 Å². The third kappa shape index (κ3) is 3.52. The summed E-state index contributed by atoms with van der Waals surface area (Å²) in [6.45, 7) is 1.45. The lowest BCUT2D eigenvalue weighted by atomic mass is 10.0. The molecule has 1 aliphatic rings. The molecule has 4 heteroatoms. The van der Waals surface area contributed by atoms with Crippen molar-refractivity contribution in [2.75, 3.05) is 6.61 Å². The highest BCUT2D eigenvalue weighted by Crippen LogP contribution is 2.31. The van der Waals surface area contributed by atoms with E-state index in [0.717, 1.165) is 25.3 Å². The molecule has 0 amide bonds. The molecule has 2 aromatic carbocycles. The first-order valence-electron chi connectivity index (χ1n) is 7.13. The Morgan fingerprint density at radius 1 is 1.10 bits per heavy atom. The van der Waals surface area contributed by atoms with Crippen LogP contribution in [0, 0.1) is 0 Å². The fourth-order valence-corrected chi connectivity index (χ4v) is 2.69. The van der Waals surface area contributed by atoms with E-state index in [0.29, 0.717) is 5.11 Å². The molecule has 3 nitrogen and oxygen atoms in total. The fraction of sp³-hybridized carbons (Fsp3) is 0.235. The Balaban J connectivity index is 1.58. The monoisotopic (exact) mass is 298 g/mol. The molecule has 2 N–H and O–H groups in total. The third-order valence-electron chi connectivity index (χ3n) is 3.56. The number of nitrogens with one attached hydrogen (secondary N) is 2. The van der Waals surface area contributed by atoms with E-state index in [1.165, 1.54) is 11.1 Å². The highest BCUT2D eigenvalue weighted by Gasteiger charge is 2.21. The summed E-state index contributed by atoms with van der Waals surface area (Å²) >= 11 is 5.40. The van der Waals surface area contributed by atoms with Crippen LogP contribution in [0.5, 0.6) is 5.75 Å². The van der Waals surface area contributed by atoms with Crippen molar-refractivity contribution < 1.29 is 4.74 Å². The number of rotatable bonds is 3. The lowest BCUT2D eigenvalue weighted by molar-refractivity contribution is 0.262. The van der Waals surface area contributed by atoms with Crippen LogP contribution in [-0.2, 0) is 6.54 Å². The molecule has 0 saturated carbocycles. The minimum atomic E-state index is 0.214. The summed E-state index contributed by atoms with van der Waals surface area (Å²) in [7, 11) is 0. The molecule has 0 aromatic heterocycles. The number of benzene rings is 2. The van der Waals surface area contributed by atoms with E-state index >= 15 is 0 Å². The maximum atomic E-state index is 5.66. The van der Waals surface area contributed by atoms with Gasteiger partial charge < -0.3 is 15.4 Å². The highest BCUT2D eigenvalue weighted by atomic mass is 32.1. The first kappa shape index (κ1) is 13.9. The van der Waals surface area contributed by atoms with Crippen molar-refractivity contribution in [3.63, 3.8) is 0 Å². The zero-order chi connectivity index (χ0) is 14.5. The molecule has 21 heavy (non-hydrogen) atoms. The van der Waals surface area contributed by atoms with Gasteiger partial charge in [0.25, 0.3) is 0 Å². The van der Waals surface area contributed by atoms with Crippen LogP contribution >= 0.6 is 12.2 Å². The molecule has 0 aliphatic carbocycles. The highest BCUT2D eigenvalue weighted by molar-refractivity contribution is 7.80. The second-order valence-electron chi connectivity index (χ2n) is 5.04. The van der Waals surface area contributed by atoms with Crippen molar-refractivity contribution in [3.05, 3.63) is 65.7 Å². The molecule has 2 aromatic rings. The normalized spacial score (nSPS) is 16.5. The van der Waals surface area contributed by atoms with Crippen molar-refractivity contribution in [1.82, 2.24) is 10.6 Å². The minimum absolute atomic E-state index is 0.214. The maximum Gasteiger partial charge on any atom is 0.167 e. The van der Waals surface area contributed by atoms with Gasteiger partial charge in [-0.25, -0.2) is 0 Å². The van der Waals surface area contributed by atoms with E-state index in [2.05, 4.69) is 28.8 Å². The molecule has 0 unspecified atom stereocenters. The molecule has 1 atom stereocenters. The standard InChI is InChI=1S/C17H18N2OS/c21-17(18-12-13-6-2-1-3-7-13)19-15-10-11-20-16-9-5-4-8-14(15)16/h1-9,15H,10-12H2,(H2,18,19,21)/t15-/m0/s1. The Morgan fingerprint density at radius 2 is 1.86 bits per heavy atom. The largest absolute Gasteiger partial charge is 0.493 e. The smallest absolute Gasteiger partial charge is 0.167 e. The van der Waals surface area contributed by atoms with Crippen molar-refractivity contribution in [1.29, 1.82) is 0 Å². The zero-order valence-corrected chi connectivity index (χ0v) is 12.5. The van der Waals surface area contributed by atoms with Crippen LogP contribution in [0.1, 0.15) is 23.6 Å². The first-order valence-corrected chi connectivity index (χ1v) is 7.54. The van der Waals surface area contributed by atoms with Crippen LogP contribution < -0.4 is 15.4 Å². The molecule has 0 bridgehead atoms. The van der Waals surface area contributed by atoms with Crippen LogP contribution in [-0.4, -0.2) is 11.7 Å².